The van der Waals surface area contributed by atoms with E-state index in [2.05, 4.69) is 10.2 Å². The van der Waals surface area contributed by atoms with Crippen LogP contribution in [0.4, 0.5) is 9.18 Å². The third kappa shape index (κ3) is 5.35. The van der Waals surface area contributed by atoms with E-state index in [0.29, 0.717) is 12.4 Å². The summed E-state index contributed by atoms with van der Waals surface area (Å²) in [6, 6.07) is 4.47. The Balaban J connectivity index is 1.61. The van der Waals surface area contributed by atoms with Crippen molar-refractivity contribution >= 4 is 17.7 Å². The number of ether oxygens (including phenoxy) is 1. The van der Waals surface area contributed by atoms with Gasteiger partial charge in [-0.15, -0.1) is 0 Å². The maximum Gasteiger partial charge on any atom is 0.404 e. The molecular formula is C15H20ClFN2O3. The first-order valence-corrected chi connectivity index (χ1v) is 7.72. The lowest BCUT2D eigenvalue weighted by atomic mass is 10.1. The lowest BCUT2D eigenvalue weighted by Gasteiger charge is -2.31. The second kappa shape index (κ2) is 8.19. The van der Waals surface area contributed by atoms with Gasteiger partial charge in [0.15, 0.2) is 0 Å². The number of hydrogen-bond donors (Lipinski definition) is 2. The molecule has 1 aromatic carbocycles. The molecule has 1 aliphatic heterocycles. The highest BCUT2D eigenvalue weighted by Gasteiger charge is 2.19. The maximum absolute atomic E-state index is 13.2. The number of rotatable bonds is 6. The Morgan fingerprint density at radius 3 is 2.82 bits per heavy atom. The minimum Gasteiger partial charge on any atom is -0.493 e. The molecule has 7 heteroatoms. The Hall–Kier alpha value is -1.53. The number of nitrogens with one attached hydrogen (secondary N) is 1. The zero-order valence-corrected chi connectivity index (χ0v) is 13.0. The van der Waals surface area contributed by atoms with Gasteiger partial charge in [-0.3, -0.25) is 0 Å². The van der Waals surface area contributed by atoms with Crippen LogP contribution in [0, 0.1) is 5.82 Å². The average molecular weight is 331 g/mol. The van der Waals surface area contributed by atoms with Crippen molar-refractivity contribution in [3.63, 3.8) is 0 Å². The number of nitrogens with zero attached hydrogens (tertiary/aromatic N) is 1. The number of hydrogen-bond acceptors (Lipinski definition) is 3. The number of halogens is 2. The van der Waals surface area contributed by atoms with Crippen LogP contribution in [0.2, 0.25) is 5.02 Å². The SMILES string of the molecule is O=C(O)NC1CCN(CCCOc2ccc(Cl)c(F)c2)CC1. The number of amides is 1. The highest BCUT2D eigenvalue weighted by molar-refractivity contribution is 6.30. The molecule has 2 N–H and O–H groups in total. The van der Waals surface area contributed by atoms with Crippen LogP contribution < -0.4 is 10.1 Å². The van der Waals surface area contributed by atoms with Crippen molar-refractivity contribution in [3.8, 4) is 5.75 Å². The smallest absolute Gasteiger partial charge is 0.404 e. The van der Waals surface area contributed by atoms with Crippen LogP contribution in [0.3, 0.4) is 0 Å². The fourth-order valence-corrected chi connectivity index (χ4v) is 2.64. The molecule has 1 fully saturated rings. The standard InChI is InChI=1S/C15H20ClFN2O3/c16-13-3-2-12(10-14(13)17)22-9-1-6-19-7-4-11(5-8-19)18-15(20)21/h2-3,10-11,18H,1,4-9H2,(H,20,21). The van der Waals surface area contributed by atoms with E-state index in [4.69, 9.17) is 21.4 Å². The van der Waals surface area contributed by atoms with E-state index in [1.807, 2.05) is 0 Å². The third-order valence-electron chi connectivity index (χ3n) is 3.69. The summed E-state index contributed by atoms with van der Waals surface area (Å²) < 4.78 is 18.7. The van der Waals surface area contributed by atoms with Crippen molar-refractivity contribution in [2.24, 2.45) is 0 Å². The van der Waals surface area contributed by atoms with Crippen LogP contribution in [0.1, 0.15) is 19.3 Å². The molecule has 0 aliphatic carbocycles. The molecule has 0 unspecified atom stereocenters. The number of likely N-dealkylation sites (tertiary alicyclic amines) is 1. The Labute approximate surface area is 134 Å². The predicted octanol–water partition coefficient (Wildman–Crippen LogP) is 2.98. The molecule has 0 aromatic heterocycles. The summed E-state index contributed by atoms with van der Waals surface area (Å²) in [5.41, 5.74) is 0. The Kier molecular flexibility index (Phi) is 6.27. The van der Waals surface area contributed by atoms with E-state index in [-0.39, 0.29) is 11.1 Å². The van der Waals surface area contributed by atoms with E-state index in [1.165, 1.54) is 12.1 Å². The van der Waals surface area contributed by atoms with Crippen molar-refractivity contribution < 1.29 is 19.0 Å². The molecule has 0 spiro atoms. The van der Waals surface area contributed by atoms with Crippen LogP contribution in [0.5, 0.6) is 5.75 Å². The highest BCUT2D eigenvalue weighted by Crippen LogP contribution is 2.20. The van der Waals surface area contributed by atoms with Gasteiger partial charge in [-0.05, 0) is 31.4 Å². The minimum absolute atomic E-state index is 0.0574. The van der Waals surface area contributed by atoms with Crippen molar-refractivity contribution in [3.05, 3.63) is 29.0 Å². The normalized spacial score (nSPS) is 16.5. The van der Waals surface area contributed by atoms with Gasteiger partial charge in [0.1, 0.15) is 11.6 Å². The Morgan fingerprint density at radius 1 is 1.45 bits per heavy atom. The van der Waals surface area contributed by atoms with Crippen LogP contribution in [0.15, 0.2) is 18.2 Å². The average Bonchev–Trinajstić information content (AvgIpc) is 2.48. The van der Waals surface area contributed by atoms with Crippen LogP contribution in [0.25, 0.3) is 0 Å². The quantitative estimate of drug-likeness (QED) is 0.787. The molecule has 1 amide bonds. The van der Waals surface area contributed by atoms with Crippen molar-refractivity contribution in [2.45, 2.75) is 25.3 Å². The summed E-state index contributed by atoms with van der Waals surface area (Å²) in [5.74, 6) is -0.00145. The topological polar surface area (TPSA) is 61.8 Å². The van der Waals surface area contributed by atoms with Gasteiger partial charge in [0.2, 0.25) is 0 Å². The molecule has 0 radical (unpaired) electrons. The van der Waals surface area contributed by atoms with Gasteiger partial charge < -0.3 is 20.1 Å². The summed E-state index contributed by atoms with van der Waals surface area (Å²) >= 11 is 5.61. The largest absolute Gasteiger partial charge is 0.493 e. The molecular weight excluding hydrogens is 311 g/mol. The Morgan fingerprint density at radius 2 is 2.18 bits per heavy atom. The summed E-state index contributed by atoms with van der Waals surface area (Å²) in [5, 5.41) is 11.3. The molecule has 22 heavy (non-hydrogen) atoms. The molecule has 1 heterocycles. The molecule has 2 rings (SSSR count). The van der Waals surface area contributed by atoms with Gasteiger partial charge in [-0.25, -0.2) is 9.18 Å². The third-order valence-corrected chi connectivity index (χ3v) is 4.00. The fraction of sp³-hybridized carbons (Fsp3) is 0.533. The van der Waals surface area contributed by atoms with E-state index in [0.717, 1.165) is 38.9 Å². The molecule has 0 saturated carbocycles. The summed E-state index contributed by atoms with van der Waals surface area (Å²) in [6.07, 6.45) is 1.54. The minimum atomic E-state index is -0.956. The van der Waals surface area contributed by atoms with Gasteiger partial charge in [0.25, 0.3) is 0 Å². The lowest BCUT2D eigenvalue weighted by Crippen LogP contribution is -2.44. The lowest BCUT2D eigenvalue weighted by molar-refractivity contribution is 0.163. The molecule has 1 saturated heterocycles. The van der Waals surface area contributed by atoms with Gasteiger partial charge in [0, 0.05) is 31.7 Å². The number of carbonyl (C=O) groups is 1. The molecule has 1 aliphatic rings. The zero-order valence-electron chi connectivity index (χ0n) is 12.2. The molecule has 122 valence electrons. The molecule has 1 aromatic rings. The molecule has 0 atom stereocenters. The van der Waals surface area contributed by atoms with E-state index < -0.39 is 11.9 Å². The highest BCUT2D eigenvalue weighted by atomic mass is 35.5. The number of piperidine rings is 1. The first-order chi connectivity index (χ1) is 10.5. The van der Waals surface area contributed by atoms with Crippen molar-refractivity contribution in [1.29, 1.82) is 0 Å². The van der Waals surface area contributed by atoms with E-state index in [9.17, 15) is 9.18 Å². The van der Waals surface area contributed by atoms with Crippen molar-refractivity contribution in [1.82, 2.24) is 10.2 Å². The van der Waals surface area contributed by atoms with Gasteiger partial charge in [-0.2, -0.15) is 0 Å². The molecule has 0 bridgehead atoms. The summed E-state index contributed by atoms with van der Waals surface area (Å²) in [6.45, 7) is 3.14. The van der Waals surface area contributed by atoms with Gasteiger partial charge in [0.05, 0.1) is 11.6 Å². The van der Waals surface area contributed by atoms with Crippen LogP contribution in [-0.2, 0) is 0 Å². The monoisotopic (exact) mass is 330 g/mol. The Bertz CT molecular complexity index is 508. The van der Waals surface area contributed by atoms with Crippen molar-refractivity contribution in [2.75, 3.05) is 26.2 Å². The summed E-state index contributed by atoms with van der Waals surface area (Å²) in [7, 11) is 0. The second-order valence-corrected chi connectivity index (χ2v) is 5.75. The maximum atomic E-state index is 13.2. The first-order valence-electron chi connectivity index (χ1n) is 7.34. The first kappa shape index (κ1) is 16.8. The predicted molar refractivity (Wildman–Crippen MR) is 82.1 cm³/mol. The zero-order chi connectivity index (χ0) is 15.9. The molecule has 5 nitrogen and oxygen atoms in total. The van der Waals surface area contributed by atoms with E-state index in [1.54, 1.807) is 6.07 Å². The number of benzene rings is 1. The van der Waals surface area contributed by atoms with Gasteiger partial charge in [-0.1, -0.05) is 11.6 Å². The van der Waals surface area contributed by atoms with Crippen LogP contribution in [-0.4, -0.2) is 48.4 Å². The second-order valence-electron chi connectivity index (χ2n) is 5.34. The van der Waals surface area contributed by atoms with Gasteiger partial charge >= 0.3 is 6.09 Å². The van der Waals surface area contributed by atoms with E-state index >= 15 is 0 Å². The number of carboxylic acid groups (broad SMARTS) is 1. The summed E-state index contributed by atoms with van der Waals surface area (Å²) in [4.78, 5) is 12.8. The fourth-order valence-electron chi connectivity index (χ4n) is 2.52. The van der Waals surface area contributed by atoms with Crippen LogP contribution >= 0.6 is 11.6 Å².